The largest absolute Gasteiger partial charge is 0.384 e. The van der Waals surface area contributed by atoms with Gasteiger partial charge in [-0.3, -0.25) is 4.79 Å². The van der Waals surface area contributed by atoms with Crippen molar-refractivity contribution < 1.29 is 14.6 Å². The van der Waals surface area contributed by atoms with Gasteiger partial charge in [0.25, 0.3) is 5.91 Å². The Kier molecular flexibility index (Phi) is 5.00. The van der Waals surface area contributed by atoms with Gasteiger partial charge in [-0.25, -0.2) is 0 Å². The van der Waals surface area contributed by atoms with Gasteiger partial charge in [-0.1, -0.05) is 17.9 Å². The minimum absolute atomic E-state index is 0.0913. The van der Waals surface area contributed by atoms with Crippen molar-refractivity contribution >= 4 is 5.91 Å². The van der Waals surface area contributed by atoms with E-state index in [1.807, 2.05) is 19.9 Å². The number of carbonyl (C=O) groups is 1. The fraction of sp³-hybridized carbons (Fsp3) is 0.471. The van der Waals surface area contributed by atoms with Crippen LogP contribution >= 0.6 is 0 Å². The van der Waals surface area contributed by atoms with Crippen LogP contribution in [0, 0.1) is 18.8 Å². The fourth-order valence-electron chi connectivity index (χ4n) is 2.33. The summed E-state index contributed by atoms with van der Waals surface area (Å²) in [6.45, 7) is 5.15. The summed E-state index contributed by atoms with van der Waals surface area (Å²) in [5, 5.41) is 11.9. The quantitative estimate of drug-likeness (QED) is 0.813. The van der Waals surface area contributed by atoms with Crippen LogP contribution in [0.5, 0.6) is 0 Å². The highest BCUT2D eigenvalue weighted by Gasteiger charge is 2.29. The monoisotopic (exact) mass is 287 g/mol. The molecule has 0 saturated carbocycles. The summed E-state index contributed by atoms with van der Waals surface area (Å²) >= 11 is 0. The number of ether oxygens (including phenoxy) is 1. The Hall–Kier alpha value is -1.83. The van der Waals surface area contributed by atoms with E-state index in [4.69, 9.17) is 9.84 Å². The van der Waals surface area contributed by atoms with Gasteiger partial charge in [-0.05, 0) is 44.4 Å². The maximum Gasteiger partial charge on any atom is 0.251 e. The van der Waals surface area contributed by atoms with Gasteiger partial charge in [0.1, 0.15) is 6.61 Å². The van der Waals surface area contributed by atoms with Crippen LogP contribution in [-0.2, 0) is 4.74 Å². The topological polar surface area (TPSA) is 58.6 Å². The Bertz CT molecular complexity index is 577. The first-order chi connectivity index (χ1) is 10.0. The molecular formula is C17H21NO3. The second kappa shape index (κ2) is 6.75. The van der Waals surface area contributed by atoms with E-state index in [2.05, 4.69) is 17.2 Å². The molecule has 21 heavy (non-hydrogen) atoms. The molecule has 4 nitrogen and oxygen atoms in total. The van der Waals surface area contributed by atoms with Gasteiger partial charge in [-0.2, -0.15) is 0 Å². The minimum Gasteiger partial charge on any atom is -0.384 e. The van der Waals surface area contributed by atoms with E-state index in [0.717, 1.165) is 24.0 Å². The van der Waals surface area contributed by atoms with Gasteiger partial charge in [-0.15, -0.1) is 0 Å². The molecule has 1 heterocycles. The first-order valence-electron chi connectivity index (χ1n) is 7.15. The summed E-state index contributed by atoms with van der Waals surface area (Å²) in [5.41, 5.74) is 2.14. The highest BCUT2D eigenvalue weighted by molar-refractivity contribution is 5.95. The molecule has 1 aromatic carbocycles. The van der Waals surface area contributed by atoms with Crippen molar-refractivity contribution in [1.82, 2.24) is 5.32 Å². The number of aliphatic hydroxyl groups is 1. The molecule has 1 fully saturated rings. The molecule has 0 unspecified atom stereocenters. The molecule has 0 radical (unpaired) electrons. The lowest BCUT2D eigenvalue weighted by Gasteiger charge is -2.34. The zero-order valence-electron chi connectivity index (χ0n) is 12.5. The van der Waals surface area contributed by atoms with Crippen LogP contribution in [0.2, 0.25) is 0 Å². The maximum absolute atomic E-state index is 12.4. The van der Waals surface area contributed by atoms with E-state index < -0.39 is 0 Å². The number of aryl methyl sites for hydroxylation is 1. The van der Waals surface area contributed by atoms with Crippen molar-refractivity contribution in [3.8, 4) is 11.8 Å². The van der Waals surface area contributed by atoms with Gasteiger partial charge in [0.05, 0.1) is 0 Å². The maximum atomic E-state index is 12.4. The highest BCUT2D eigenvalue weighted by Crippen LogP contribution is 2.20. The van der Waals surface area contributed by atoms with E-state index in [0.29, 0.717) is 18.8 Å². The number of hydrogen-bond acceptors (Lipinski definition) is 3. The number of carbonyl (C=O) groups excluding carboxylic acids is 1. The van der Waals surface area contributed by atoms with Crippen LogP contribution in [-0.4, -0.2) is 36.4 Å². The number of rotatable bonds is 2. The highest BCUT2D eigenvalue weighted by atomic mass is 16.5. The van der Waals surface area contributed by atoms with Crippen LogP contribution in [0.4, 0.5) is 0 Å². The van der Waals surface area contributed by atoms with Crippen LogP contribution in [0.1, 0.15) is 41.3 Å². The summed E-state index contributed by atoms with van der Waals surface area (Å²) in [6.07, 6.45) is 1.64. The third-order valence-electron chi connectivity index (χ3n) is 3.81. The molecule has 0 bridgehead atoms. The fourth-order valence-corrected chi connectivity index (χ4v) is 2.33. The first-order valence-corrected chi connectivity index (χ1v) is 7.15. The van der Waals surface area contributed by atoms with Crippen molar-refractivity contribution in [2.75, 3.05) is 19.8 Å². The molecule has 1 aliphatic heterocycles. The van der Waals surface area contributed by atoms with E-state index >= 15 is 0 Å². The molecular weight excluding hydrogens is 266 g/mol. The van der Waals surface area contributed by atoms with E-state index in [9.17, 15) is 4.79 Å². The molecule has 1 aromatic rings. The van der Waals surface area contributed by atoms with Crippen molar-refractivity contribution in [2.24, 2.45) is 0 Å². The number of amides is 1. The van der Waals surface area contributed by atoms with E-state index in [-0.39, 0.29) is 18.1 Å². The first kappa shape index (κ1) is 15.6. The molecule has 1 amide bonds. The minimum atomic E-state index is -0.211. The lowest BCUT2D eigenvalue weighted by atomic mass is 9.92. The summed E-state index contributed by atoms with van der Waals surface area (Å²) in [4.78, 5) is 12.4. The molecule has 4 heteroatoms. The second-order valence-electron chi connectivity index (χ2n) is 5.62. The summed E-state index contributed by atoms with van der Waals surface area (Å²) in [6, 6.07) is 5.45. The number of hydrogen-bond donors (Lipinski definition) is 2. The van der Waals surface area contributed by atoms with Crippen LogP contribution < -0.4 is 5.32 Å². The number of benzene rings is 1. The predicted molar refractivity (Wildman–Crippen MR) is 81.1 cm³/mol. The Morgan fingerprint density at radius 3 is 2.81 bits per heavy atom. The van der Waals surface area contributed by atoms with Crippen molar-refractivity contribution in [3.05, 3.63) is 34.9 Å². The molecule has 1 aliphatic rings. The zero-order chi connectivity index (χ0) is 15.3. The summed E-state index contributed by atoms with van der Waals surface area (Å²) in [7, 11) is 0. The van der Waals surface area contributed by atoms with Gasteiger partial charge >= 0.3 is 0 Å². The average molecular weight is 287 g/mol. The van der Waals surface area contributed by atoms with E-state index in [1.54, 1.807) is 12.1 Å². The number of aliphatic hydroxyl groups excluding tert-OH is 1. The Morgan fingerprint density at radius 1 is 1.43 bits per heavy atom. The van der Waals surface area contributed by atoms with Crippen LogP contribution in [0.25, 0.3) is 0 Å². The molecule has 0 aromatic heterocycles. The zero-order valence-corrected chi connectivity index (χ0v) is 12.5. The molecule has 2 rings (SSSR count). The lowest BCUT2D eigenvalue weighted by Crippen LogP contribution is -2.49. The predicted octanol–water partition coefficient (Wildman–Crippen LogP) is 1.64. The summed E-state index contributed by atoms with van der Waals surface area (Å²) < 4.78 is 5.34. The van der Waals surface area contributed by atoms with Gasteiger partial charge in [0.15, 0.2) is 0 Å². The Morgan fingerprint density at radius 2 is 2.14 bits per heavy atom. The standard InChI is InChI=1S/C17H21NO3/c1-13-5-6-15(12-14(13)4-3-9-19)16(20)18-17(2)7-10-21-11-8-17/h5-6,12,19H,7-11H2,1-2H3,(H,18,20). The van der Waals surface area contributed by atoms with Gasteiger partial charge < -0.3 is 15.2 Å². The molecule has 0 atom stereocenters. The second-order valence-corrected chi connectivity index (χ2v) is 5.62. The molecule has 1 saturated heterocycles. The number of nitrogens with one attached hydrogen (secondary N) is 1. The molecule has 2 N–H and O–H groups in total. The van der Waals surface area contributed by atoms with Gasteiger partial charge in [0.2, 0.25) is 0 Å². The Labute approximate surface area is 125 Å². The molecule has 0 aliphatic carbocycles. The third-order valence-corrected chi connectivity index (χ3v) is 3.81. The smallest absolute Gasteiger partial charge is 0.251 e. The van der Waals surface area contributed by atoms with Crippen molar-refractivity contribution in [1.29, 1.82) is 0 Å². The third kappa shape index (κ3) is 4.07. The van der Waals surface area contributed by atoms with Crippen molar-refractivity contribution in [3.63, 3.8) is 0 Å². The average Bonchev–Trinajstić information content (AvgIpc) is 2.46. The Balaban J connectivity index is 2.15. The van der Waals surface area contributed by atoms with Gasteiger partial charge in [0, 0.05) is 29.9 Å². The molecule has 0 spiro atoms. The summed E-state index contributed by atoms with van der Waals surface area (Å²) in [5.74, 6) is 5.40. The SMILES string of the molecule is Cc1ccc(C(=O)NC2(C)CCOCC2)cc1C#CCO. The normalized spacial score (nSPS) is 16.7. The molecule has 112 valence electrons. The van der Waals surface area contributed by atoms with Crippen molar-refractivity contribution in [2.45, 2.75) is 32.2 Å². The van der Waals surface area contributed by atoms with E-state index in [1.165, 1.54) is 0 Å². The van der Waals surface area contributed by atoms with Crippen LogP contribution in [0.3, 0.4) is 0 Å². The van der Waals surface area contributed by atoms with Crippen LogP contribution in [0.15, 0.2) is 18.2 Å². The lowest BCUT2D eigenvalue weighted by molar-refractivity contribution is 0.0423.